The highest BCUT2D eigenvalue weighted by Crippen LogP contribution is 2.34. The van der Waals surface area contributed by atoms with Gasteiger partial charge in [-0.3, -0.25) is 0 Å². The molecule has 0 aliphatic carbocycles. The van der Waals surface area contributed by atoms with Crippen molar-refractivity contribution in [1.82, 2.24) is 0 Å². The topological polar surface area (TPSA) is 0 Å². The van der Waals surface area contributed by atoms with Crippen molar-refractivity contribution in [2.24, 2.45) is 0 Å². The second-order valence-electron chi connectivity index (χ2n) is 6.53. The molecule has 0 nitrogen and oxygen atoms in total. The first-order chi connectivity index (χ1) is 11.4. The fourth-order valence-electron chi connectivity index (χ4n) is 3.47. The van der Waals surface area contributed by atoms with Crippen LogP contribution in [0.2, 0.25) is 5.02 Å². The second kappa shape index (κ2) is 6.65. The van der Waals surface area contributed by atoms with Crippen LogP contribution in [0.15, 0.2) is 48.5 Å². The van der Waals surface area contributed by atoms with Crippen molar-refractivity contribution in [2.45, 2.75) is 0 Å². The minimum atomic E-state index is 0.831. The zero-order valence-electron chi connectivity index (χ0n) is 15.0. The van der Waals surface area contributed by atoms with Crippen molar-refractivity contribution in [3.05, 3.63) is 53.6 Å². The molecule has 0 atom stereocenters. The van der Waals surface area contributed by atoms with E-state index in [1.165, 1.54) is 32.9 Å². The average Bonchev–Trinajstić information content (AvgIpc) is 2.60. The Morgan fingerprint density at radius 3 is 1.62 bits per heavy atom. The summed E-state index contributed by atoms with van der Waals surface area (Å²) in [5.74, 6) is 0. The van der Waals surface area contributed by atoms with E-state index < -0.39 is 0 Å². The zero-order valence-corrected chi connectivity index (χ0v) is 15.8. The minimum Gasteiger partial charge on any atom is -0.102 e. The van der Waals surface area contributed by atoms with Gasteiger partial charge in [0.1, 0.15) is 39.2 Å². The Bertz CT molecular complexity index is 893. The van der Waals surface area contributed by atoms with E-state index in [1.807, 2.05) is 6.07 Å². The monoisotopic (exact) mass is 324 g/mol. The largest absolute Gasteiger partial charge is 0.139 e. The van der Waals surface area contributed by atoms with E-state index in [9.17, 15) is 0 Å². The summed E-state index contributed by atoms with van der Waals surface area (Å²) >= 11 is 6.87. The van der Waals surface area contributed by atoms with Crippen molar-refractivity contribution < 1.29 is 0 Å². The summed E-state index contributed by atoms with van der Waals surface area (Å²) in [6.45, 7) is 0. The summed E-state index contributed by atoms with van der Waals surface area (Å²) < 4.78 is 0. The van der Waals surface area contributed by atoms with Gasteiger partial charge in [0, 0.05) is 5.56 Å². The lowest BCUT2D eigenvalue weighted by Crippen LogP contribution is -2.55. The molecule has 3 rings (SSSR count). The summed E-state index contributed by atoms with van der Waals surface area (Å²) in [7, 11) is 11.0. The van der Waals surface area contributed by atoms with Crippen molar-refractivity contribution in [1.29, 1.82) is 0 Å². The lowest BCUT2D eigenvalue weighted by atomic mass is 9.59. The smallest absolute Gasteiger partial charge is 0.102 e. The van der Waals surface area contributed by atoms with E-state index in [4.69, 9.17) is 11.6 Å². The van der Waals surface area contributed by atoms with Crippen LogP contribution >= 0.6 is 11.6 Å². The van der Waals surface area contributed by atoms with Gasteiger partial charge in [0.05, 0.1) is 5.02 Å². The van der Waals surface area contributed by atoms with Gasteiger partial charge < -0.3 is 0 Å². The van der Waals surface area contributed by atoms with Crippen LogP contribution in [0.1, 0.15) is 0 Å². The van der Waals surface area contributed by atoms with Crippen LogP contribution in [0, 0.1) is 0 Å². The lowest BCUT2D eigenvalue weighted by molar-refractivity contribution is 1.61. The molecule has 0 spiro atoms. The maximum atomic E-state index is 6.87. The summed E-state index contributed by atoms with van der Waals surface area (Å²) in [4.78, 5) is 0. The molecule has 24 heavy (non-hydrogen) atoms. The van der Waals surface area contributed by atoms with Crippen LogP contribution in [0.25, 0.3) is 22.3 Å². The van der Waals surface area contributed by atoms with Crippen molar-refractivity contribution in [3.63, 3.8) is 0 Å². The van der Waals surface area contributed by atoms with E-state index in [2.05, 4.69) is 81.7 Å². The third-order valence-electron chi connectivity index (χ3n) is 5.35. The fraction of sp³-hybridized carbons (Fsp3) is 0. The number of benzene rings is 3. The third-order valence-corrected chi connectivity index (χ3v) is 5.76. The molecule has 112 valence electrons. The average molecular weight is 324 g/mol. The number of hydrogen-bond donors (Lipinski definition) is 0. The Kier molecular flexibility index (Phi) is 4.74. The van der Waals surface area contributed by atoms with E-state index in [-0.39, 0.29) is 0 Å². The molecule has 0 radical (unpaired) electrons. The molecule has 0 fully saturated rings. The quantitative estimate of drug-likeness (QED) is 0.440. The SMILES string of the molecule is Bc1c(B)c(B)c(-c2cccc(-c3ccccc3)c2Cl)c(B)c1B. The van der Waals surface area contributed by atoms with E-state index in [1.54, 1.807) is 0 Å². The highest BCUT2D eigenvalue weighted by Gasteiger charge is 2.16. The van der Waals surface area contributed by atoms with Crippen LogP contribution in [0.4, 0.5) is 0 Å². The molecule has 0 saturated heterocycles. The lowest BCUT2D eigenvalue weighted by Gasteiger charge is -2.22. The van der Waals surface area contributed by atoms with Crippen LogP contribution in [-0.4, -0.2) is 39.2 Å². The molecule has 0 unspecified atom stereocenters. The number of halogens is 1. The first kappa shape index (κ1) is 17.1. The molecule has 6 heteroatoms. The minimum absolute atomic E-state index is 0.831. The molecule has 3 aromatic rings. The zero-order chi connectivity index (χ0) is 17.4. The molecule has 0 aromatic heterocycles. The van der Waals surface area contributed by atoms with Crippen molar-refractivity contribution in [3.8, 4) is 22.3 Å². The normalized spacial score (nSPS) is 10.7. The van der Waals surface area contributed by atoms with Gasteiger partial charge >= 0.3 is 0 Å². The van der Waals surface area contributed by atoms with Gasteiger partial charge in [-0.2, -0.15) is 0 Å². The van der Waals surface area contributed by atoms with Gasteiger partial charge in [-0.25, -0.2) is 0 Å². The number of hydrogen-bond acceptors (Lipinski definition) is 0. The summed E-state index contributed by atoms with van der Waals surface area (Å²) in [6, 6.07) is 16.7. The van der Waals surface area contributed by atoms with E-state index >= 15 is 0 Å². The molecule has 0 saturated carbocycles. The Morgan fingerprint density at radius 2 is 1.04 bits per heavy atom. The Morgan fingerprint density at radius 1 is 0.542 bits per heavy atom. The molecule has 0 heterocycles. The summed E-state index contributed by atoms with van der Waals surface area (Å²) in [5.41, 5.74) is 11.4. The molecule has 0 amide bonds. The molecule has 3 aromatic carbocycles. The van der Waals surface area contributed by atoms with E-state index in [0.717, 1.165) is 21.7 Å². The Hall–Kier alpha value is -1.73. The third kappa shape index (κ3) is 2.76. The van der Waals surface area contributed by atoms with Crippen LogP contribution in [0.3, 0.4) is 0 Å². The highest BCUT2D eigenvalue weighted by molar-refractivity contribution is 6.68. The van der Waals surface area contributed by atoms with Crippen molar-refractivity contribution in [2.75, 3.05) is 0 Å². The van der Waals surface area contributed by atoms with Crippen LogP contribution in [-0.2, 0) is 0 Å². The van der Waals surface area contributed by atoms with Crippen molar-refractivity contribution >= 4 is 78.1 Å². The maximum absolute atomic E-state index is 6.87. The maximum Gasteiger partial charge on any atom is 0.139 e. The first-order valence-electron chi connectivity index (χ1n) is 8.34. The van der Waals surface area contributed by atoms with Gasteiger partial charge in [0.25, 0.3) is 0 Å². The molecular weight excluding hydrogens is 306 g/mol. The van der Waals surface area contributed by atoms with E-state index in [0.29, 0.717) is 0 Å². The summed E-state index contributed by atoms with van der Waals surface area (Å²) in [6.07, 6.45) is 0. The summed E-state index contributed by atoms with van der Waals surface area (Å²) in [5, 5.41) is 0.831. The Labute approximate surface area is 154 Å². The van der Waals surface area contributed by atoms with Gasteiger partial charge in [-0.05, 0) is 16.7 Å². The molecule has 0 N–H and O–H groups in total. The van der Waals surface area contributed by atoms with Crippen LogP contribution in [0.5, 0.6) is 0 Å². The van der Waals surface area contributed by atoms with Gasteiger partial charge in [0.2, 0.25) is 0 Å². The van der Waals surface area contributed by atoms with Gasteiger partial charge in [-0.15, -0.1) is 16.4 Å². The van der Waals surface area contributed by atoms with Crippen LogP contribution < -0.4 is 27.3 Å². The van der Waals surface area contributed by atoms with Gasteiger partial charge in [-0.1, -0.05) is 71.1 Å². The standard InChI is InChI=1S/C18H18B5Cl/c19-13-12(14(20)16(22)17(23)15(13)21)11-8-4-7-10(18(11)24)9-5-2-1-3-6-9/h1-8H,19-23H2. The fourth-order valence-corrected chi connectivity index (χ4v) is 3.80. The predicted molar refractivity (Wildman–Crippen MR) is 123 cm³/mol. The highest BCUT2D eigenvalue weighted by atomic mass is 35.5. The molecule has 0 aliphatic heterocycles. The first-order valence-corrected chi connectivity index (χ1v) is 8.72. The molecular formula is C18H18B5Cl. The van der Waals surface area contributed by atoms with Gasteiger partial charge in [0.15, 0.2) is 0 Å². The molecule has 0 bridgehead atoms. The number of rotatable bonds is 2. The second-order valence-corrected chi connectivity index (χ2v) is 6.91. The predicted octanol–water partition coefficient (Wildman–Crippen LogP) is -3.03. The molecule has 0 aliphatic rings. The Balaban J connectivity index is 2.30.